The second-order valence-corrected chi connectivity index (χ2v) is 6.88. The number of nitrogens with one attached hydrogen (secondary N) is 2. The third-order valence-electron chi connectivity index (χ3n) is 4.81. The summed E-state index contributed by atoms with van der Waals surface area (Å²) in [5, 5.41) is 2.78. The molecule has 0 aliphatic rings. The highest BCUT2D eigenvalue weighted by atomic mass is 16.2. The van der Waals surface area contributed by atoms with Gasteiger partial charge in [-0.3, -0.25) is 14.2 Å². The number of nitrogens with zero attached hydrogens (tertiary/aromatic N) is 2. The number of hydrogen-bond donors (Lipinski definition) is 2. The van der Waals surface area contributed by atoms with Crippen molar-refractivity contribution < 1.29 is 4.79 Å². The molecule has 0 unspecified atom stereocenters. The molecule has 2 aromatic heterocycles. The molecule has 7 heteroatoms. The molecular formula is C23H20N4O3. The van der Waals surface area contributed by atoms with Crippen molar-refractivity contribution in [3.05, 3.63) is 117 Å². The number of benzene rings is 2. The molecular weight excluding hydrogens is 380 g/mol. The van der Waals surface area contributed by atoms with Gasteiger partial charge in [0.2, 0.25) is 0 Å². The molecule has 0 spiro atoms. The summed E-state index contributed by atoms with van der Waals surface area (Å²) < 4.78 is 2.96. The molecule has 0 aliphatic heterocycles. The number of aromatic amines is 1. The van der Waals surface area contributed by atoms with Gasteiger partial charge in [-0.15, -0.1) is 0 Å². The molecule has 0 saturated heterocycles. The van der Waals surface area contributed by atoms with Crippen LogP contribution in [0.1, 0.15) is 21.6 Å². The highest BCUT2D eigenvalue weighted by Gasteiger charge is 2.16. The number of para-hydroxylation sites is 2. The Morgan fingerprint density at radius 2 is 1.70 bits per heavy atom. The summed E-state index contributed by atoms with van der Waals surface area (Å²) in [5.74, 6) is -0.531. The maximum absolute atomic E-state index is 12.9. The predicted octanol–water partition coefficient (Wildman–Crippen LogP) is 2.94. The summed E-state index contributed by atoms with van der Waals surface area (Å²) in [6, 6.07) is 19.7. The molecule has 7 nitrogen and oxygen atoms in total. The van der Waals surface area contributed by atoms with Gasteiger partial charge in [-0.25, -0.2) is 4.79 Å². The molecule has 2 aromatic carbocycles. The van der Waals surface area contributed by atoms with Gasteiger partial charge < -0.3 is 14.9 Å². The molecule has 2 N–H and O–H groups in total. The summed E-state index contributed by atoms with van der Waals surface area (Å²) in [7, 11) is 0. The highest BCUT2D eigenvalue weighted by Crippen LogP contribution is 2.20. The van der Waals surface area contributed by atoms with Gasteiger partial charge in [-0.1, -0.05) is 42.5 Å². The zero-order chi connectivity index (χ0) is 21.1. The summed E-state index contributed by atoms with van der Waals surface area (Å²) in [5.41, 5.74) is 1.96. The van der Waals surface area contributed by atoms with Crippen molar-refractivity contribution in [2.45, 2.75) is 13.5 Å². The van der Waals surface area contributed by atoms with Gasteiger partial charge >= 0.3 is 5.69 Å². The molecule has 1 amide bonds. The number of hydrogen-bond acceptors (Lipinski definition) is 3. The molecule has 0 fully saturated rings. The maximum Gasteiger partial charge on any atom is 0.330 e. The van der Waals surface area contributed by atoms with Gasteiger partial charge in [0.1, 0.15) is 5.56 Å². The Morgan fingerprint density at radius 1 is 0.967 bits per heavy atom. The summed E-state index contributed by atoms with van der Waals surface area (Å²) in [4.78, 5) is 40.6. The zero-order valence-corrected chi connectivity index (χ0v) is 16.3. The Labute approximate surface area is 172 Å². The Hall–Kier alpha value is -4.13. The fourth-order valence-corrected chi connectivity index (χ4v) is 3.33. The van der Waals surface area contributed by atoms with Gasteiger partial charge in [0, 0.05) is 18.1 Å². The first-order chi connectivity index (χ1) is 14.5. The Kier molecular flexibility index (Phi) is 5.17. The lowest BCUT2D eigenvalue weighted by molar-refractivity contribution is 0.102. The molecule has 0 bridgehead atoms. The number of aryl methyl sites for hydroxylation is 1. The van der Waals surface area contributed by atoms with E-state index in [0.29, 0.717) is 23.6 Å². The van der Waals surface area contributed by atoms with Gasteiger partial charge in [0.05, 0.1) is 17.9 Å². The van der Waals surface area contributed by atoms with E-state index in [1.54, 1.807) is 49.6 Å². The lowest BCUT2D eigenvalue weighted by atomic mass is 10.2. The maximum atomic E-state index is 12.9. The predicted molar refractivity (Wildman–Crippen MR) is 115 cm³/mol. The quantitative estimate of drug-likeness (QED) is 0.540. The van der Waals surface area contributed by atoms with Crippen LogP contribution in [-0.2, 0) is 6.54 Å². The molecule has 150 valence electrons. The van der Waals surface area contributed by atoms with Crippen LogP contribution in [0.25, 0.3) is 5.69 Å². The van der Waals surface area contributed by atoms with Crippen LogP contribution in [0.2, 0.25) is 0 Å². The van der Waals surface area contributed by atoms with E-state index < -0.39 is 5.91 Å². The minimum atomic E-state index is -0.531. The number of aromatic nitrogens is 3. The van der Waals surface area contributed by atoms with E-state index >= 15 is 0 Å². The molecule has 4 rings (SSSR count). The highest BCUT2D eigenvalue weighted by molar-refractivity contribution is 6.05. The topological polar surface area (TPSA) is 88.9 Å². The van der Waals surface area contributed by atoms with Gasteiger partial charge in [-0.2, -0.15) is 0 Å². The van der Waals surface area contributed by atoms with Crippen LogP contribution in [0.5, 0.6) is 0 Å². The van der Waals surface area contributed by atoms with E-state index in [1.165, 1.54) is 15.2 Å². The van der Waals surface area contributed by atoms with Crippen molar-refractivity contribution in [2.24, 2.45) is 0 Å². The number of H-pyrrole nitrogens is 1. The fraction of sp³-hybridized carbons (Fsp3) is 0.0870. The van der Waals surface area contributed by atoms with Crippen LogP contribution < -0.4 is 16.6 Å². The Balaban J connectivity index is 1.66. The lowest BCUT2D eigenvalue weighted by Gasteiger charge is -2.13. The summed E-state index contributed by atoms with van der Waals surface area (Å²) in [6.07, 6.45) is 3.25. The Bertz CT molecular complexity index is 1320. The third-order valence-corrected chi connectivity index (χ3v) is 4.81. The standard InChI is InChI=1S/C23H20N4O3/c1-16-14-24-23(30)27(16)20-12-6-5-11-19(20)25-21(28)18-10-7-13-26(22(18)29)15-17-8-3-2-4-9-17/h2-14H,15H2,1H3,(H,24,30)(H,25,28). The molecule has 0 radical (unpaired) electrons. The molecule has 0 atom stereocenters. The van der Waals surface area contributed by atoms with Crippen LogP contribution in [0.4, 0.5) is 5.69 Å². The number of carbonyl (C=O) groups is 1. The van der Waals surface area contributed by atoms with Crippen molar-refractivity contribution in [1.82, 2.24) is 14.1 Å². The van der Waals surface area contributed by atoms with E-state index in [9.17, 15) is 14.4 Å². The average molecular weight is 400 g/mol. The van der Waals surface area contributed by atoms with E-state index in [1.807, 2.05) is 30.3 Å². The Morgan fingerprint density at radius 3 is 2.43 bits per heavy atom. The zero-order valence-electron chi connectivity index (χ0n) is 16.3. The van der Waals surface area contributed by atoms with Crippen molar-refractivity contribution in [2.75, 3.05) is 5.32 Å². The summed E-state index contributed by atoms with van der Waals surface area (Å²) in [6.45, 7) is 2.16. The summed E-state index contributed by atoms with van der Waals surface area (Å²) >= 11 is 0. The first kappa shape index (κ1) is 19.2. The van der Waals surface area contributed by atoms with Gasteiger partial charge in [-0.05, 0) is 36.8 Å². The largest absolute Gasteiger partial charge is 0.330 e. The number of carbonyl (C=O) groups excluding carboxylic acids is 1. The molecule has 0 aliphatic carbocycles. The lowest BCUT2D eigenvalue weighted by Crippen LogP contribution is -2.29. The second-order valence-electron chi connectivity index (χ2n) is 6.88. The first-order valence-corrected chi connectivity index (χ1v) is 9.46. The second kappa shape index (κ2) is 8.08. The number of imidazole rings is 1. The first-order valence-electron chi connectivity index (χ1n) is 9.46. The number of anilines is 1. The van der Waals surface area contributed by atoms with E-state index in [0.717, 1.165) is 5.56 Å². The monoisotopic (exact) mass is 400 g/mol. The van der Waals surface area contributed by atoms with Crippen LogP contribution in [0, 0.1) is 6.92 Å². The molecule has 4 aromatic rings. The van der Waals surface area contributed by atoms with E-state index in [2.05, 4.69) is 10.3 Å². The van der Waals surface area contributed by atoms with Gasteiger partial charge in [0.25, 0.3) is 11.5 Å². The van der Waals surface area contributed by atoms with Crippen LogP contribution in [0.3, 0.4) is 0 Å². The number of amides is 1. The van der Waals surface area contributed by atoms with Gasteiger partial charge in [0.15, 0.2) is 0 Å². The van der Waals surface area contributed by atoms with Crippen LogP contribution in [-0.4, -0.2) is 20.0 Å². The smallest absolute Gasteiger partial charge is 0.320 e. The fourth-order valence-electron chi connectivity index (χ4n) is 3.33. The van der Waals surface area contributed by atoms with Crippen LogP contribution >= 0.6 is 0 Å². The SMILES string of the molecule is Cc1c[nH]c(=O)n1-c1ccccc1NC(=O)c1cccn(Cc2ccccc2)c1=O. The normalized spacial score (nSPS) is 10.7. The molecule has 0 saturated carbocycles. The van der Waals surface area contributed by atoms with Crippen molar-refractivity contribution in [3.63, 3.8) is 0 Å². The van der Waals surface area contributed by atoms with Crippen LogP contribution in [0.15, 0.2) is 88.7 Å². The molecule has 2 heterocycles. The van der Waals surface area contributed by atoms with Crippen molar-refractivity contribution >= 4 is 11.6 Å². The molecule has 30 heavy (non-hydrogen) atoms. The minimum absolute atomic E-state index is 0.0290. The van der Waals surface area contributed by atoms with E-state index in [-0.39, 0.29) is 16.8 Å². The number of rotatable bonds is 5. The van der Waals surface area contributed by atoms with E-state index in [4.69, 9.17) is 0 Å². The number of pyridine rings is 1. The average Bonchev–Trinajstić information content (AvgIpc) is 3.09. The minimum Gasteiger partial charge on any atom is -0.320 e. The van der Waals surface area contributed by atoms with Crippen molar-refractivity contribution in [3.8, 4) is 5.69 Å². The third kappa shape index (κ3) is 3.73. The van der Waals surface area contributed by atoms with Crippen molar-refractivity contribution in [1.29, 1.82) is 0 Å².